The van der Waals surface area contributed by atoms with Crippen LogP contribution in [-0.4, -0.2) is 9.13 Å². The summed E-state index contributed by atoms with van der Waals surface area (Å²) in [6.45, 7) is 0.631. The van der Waals surface area contributed by atoms with Crippen LogP contribution >= 0.6 is 0 Å². The van der Waals surface area contributed by atoms with Gasteiger partial charge in [0.25, 0.3) is 5.56 Å². The maximum atomic E-state index is 13.6. The van der Waals surface area contributed by atoms with Crippen molar-refractivity contribution in [3.05, 3.63) is 86.8 Å². The van der Waals surface area contributed by atoms with Crippen LogP contribution in [0.1, 0.15) is 11.5 Å². The molecule has 25 heavy (non-hydrogen) atoms. The van der Waals surface area contributed by atoms with Crippen LogP contribution in [0.25, 0.3) is 0 Å². The first kappa shape index (κ1) is 16.8. The summed E-state index contributed by atoms with van der Waals surface area (Å²) in [7, 11) is 3.04. The molecular weight excluding hydrogens is 325 g/mol. The van der Waals surface area contributed by atoms with Gasteiger partial charge in [-0.05, 0) is 30.3 Å². The van der Waals surface area contributed by atoms with E-state index in [0.29, 0.717) is 23.7 Å². The number of hydrogen-bond acceptors (Lipinski definition) is 4. The average Bonchev–Trinajstić information content (AvgIpc) is 3.10. The maximum absolute atomic E-state index is 13.6. The number of furan rings is 1. The maximum Gasteiger partial charge on any atom is 0.330 e. The highest BCUT2D eigenvalue weighted by atomic mass is 19.1. The number of hydrogen-bond donors (Lipinski definition) is 0. The fraction of sp³-hybridized carbons (Fsp3) is 0.222. The smallest absolute Gasteiger partial charge is 0.330 e. The first-order valence-corrected chi connectivity index (χ1v) is 7.74. The highest BCUT2D eigenvalue weighted by Gasteiger charge is 2.14. The third kappa shape index (κ3) is 3.55. The molecule has 0 bridgehead atoms. The van der Waals surface area contributed by atoms with E-state index in [1.54, 1.807) is 31.5 Å². The van der Waals surface area contributed by atoms with Gasteiger partial charge in [0.2, 0.25) is 0 Å². The minimum Gasteiger partial charge on any atom is -0.467 e. The number of anilines is 1. The summed E-state index contributed by atoms with van der Waals surface area (Å²) in [5, 5.41) is 0. The molecule has 0 aliphatic heterocycles. The van der Waals surface area contributed by atoms with E-state index in [4.69, 9.17) is 4.42 Å². The Kier molecular flexibility index (Phi) is 4.56. The number of benzene rings is 1. The number of aromatic nitrogens is 2. The van der Waals surface area contributed by atoms with Crippen molar-refractivity contribution in [1.82, 2.24) is 9.13 Å². The minimum absolute atomic E-state index is 0.256. The molecule has 0 spiro atoms. The standard InChI is InChI=1S/C18H18FN3O3/c1-20-15(10-17(23)21(2)18(20)24)11-22(12-16-7-4-8-25-16)14-6-3-5-13(19)9-14/h3-10H,11-12H2,1-2H3. The highest BCUT2D eigenvalue weighted by Crippen LogP contribution is 2.20. The molecule has 3 aromatic rings. The molecule has 0 aliphatic carbocycles. The van der Waals surface area contributed by atoms with Crippen molar-refractivity contribution in [1.29, 1.82) is 0 Å². The Hall–Kier alpha value is -3.09. The summed E-state index contributed by atoms with van der Waals surface area (Å²) in [5.41, 5.74) is 0.378. The van der Waals surface area contributed by atoms with Crippen molar-refractivity contribution < 1.29 is 8.81 Å². The van der Waals surface area contributed by atoms with E-state index < -0.39 is 5.69 Å². The Morgan fingerprint density at radius 2 is 1.84 bits per heavy atom. The van der Waals surface area contributed by atoms with Gasteiger partial charge >= 0.3 is 5.69 Å². The van der Waals surface area contributed by atoms with Gasteiger partial charge < -0.3 is 9.32 Å². The van der Waals surface area contributed by atoms with Crippen LogP contribution in [0.2, 0.25) is 0 Å². The fourth-order valence-corrected chi connectivity index (χ4v) is 2.63. The molecule has 1 aromatic carbocycles. The molecule has 2 heterocycles. The van der Waals surface area contributed by atoms with E-state index in [1.165, 1.54) is 29.8 Å². The number of halogens is 1. The summed E-state index contributed by atoms with van der Waals surface area (Å²) in [6, 6.07) is 11.1. The largest absolute Gasteiger partial charge is 0.467 e. The molecule has 0 fully saturated rings. The lowest BCUT2D eigenvalue weighted by atomic mass is 10.2. The summed E-state index contributed by atoms with van der Waals surface area (Å²) < 4.78 is 21.5. The third-order valence-corrected chi connectivity index (χ3v) is 4.08. The van der Waals surface area contributed by atoms with E-state index in [9.17, 15) is 14.0 Å². The molecule has 0 atom stereocenters. The zero-order chi connectivity index (χ0) is 18.0. The van der Waals surface area contributed by atoms with Crippen LogP contribution in [0.15, 0.2) is 62.7 Å². The van der Waals surface area contributed by atoms with Crippen LogP contribution in [0.3, 0.4) is 0 Å². The fourth-order valence-electron chi connectivity index (χ4n) is 2.63. The summed E-state index contributed by atoms with van der Waals surface area (Å²) in [5.74, 6) is 0.331. The molecule has 0 saturated heterocycles. The predicted molar refractivity (Wildman–Crippen MR) is 91.9 cm³/mol. The van der Waals surface area contributed by atoms with Gasteiger partial charge in [-0.15, -0.1) is 0 Å². The molecule has 0 amide bonds. The quantitative estimate of drug-likeness (QED) is 0.711. The van der Waals surface area contributed by atoms with Crippen molar-refractivity contribution in [3.63, 3.8) is 0 Å². The van der Waals surface area contributed by atoms with Gasteiger partial charge in [-0.25, -0.2) is 9.18 Å². The van der Waals surface area contributed by atoms with Gasteiger partial charge in [0.15, 0.2) is 0 Å². The Labute approximate surface area is 143 Å². The lowest BCUT2D eigenvalue weighted by molar-refractivity contribution is 0.498. The van der Waals surface area contributed by atoms with Crippen molar-refractivity contribution >= 4 is 5.69 Å². The van der Waals surface area contributed by atoms with Crippen molar-refractivity contribution in [2.75, 3.05) is 4.90 Å². The Morgan fingerprint density at radius 3 is 2.52 bits per heavy atom. The zero-order valence-electron chi connectivity index (χ0n) is 14.0. The van der Waals surface area contributed by atoms with E-state index in [1.807, 2.05) is 11.0 Å². The molecule has 130 valence electrons. The monoisotopic (exact) mass is 343 g/mol. The van der Waals surface area contributed by atoms with Crippen molar-refractivity contribution in [2.24, 2.45) is 14.1 Å². The van der Waals surface area contributed by atoms with Gasteiger partial charge in [0, 0.05) is 31.5 Å². The minimum atomic E-state index is -0.403. The number of nitrogens with zero attached hydrogens (tertiary/aromatic N) is 3. The molecule has 0 aliphatic rings. The number of rotatable bonds is 5. The SMILES string of the molecule is Cn1c(CN(Cc2ccco2)c2cccc(F)c2)cc(=O)n(C)c1=O. The molecular formula is C18H18FN3O3. The van der Waals surface area contributed by atoms with E-state index in [2.05, 4.69) is 0 Å². The van der Waals surface area contributed by atoms with E-state index >= 15 is 0 Å². The lowest BCUT2D eigenvalue weighted by Crippen LogP contribution is -2.39. The van der Waals surface area contributed by atoms with E-state index in [0.717, 1.165) is 4.57 Å². The second-order valence-corrected chi connectivity index (χ2v) is 5.79. The van der Waals surface area contributed by atoms with Crippen molar-refractivity contribution in [2.45, 2.75) is 13.1 Å². The summed E-state index contributed by atoms with van der Waals surface area (Å²) in [4.78, 5) is 25.9. The Morgan fingerprint density at radius 1 is 1.04 bits per heavy atom. The summed E-state index contributed by atoms with van der Waals surface area (Å²) in [6.07, 6.45) is 1.56. The first-order chi connectivity index (χ1) is 12.0. The second kappa shape index (κ2) is 6.80. The van der Waals surface area contributed by atoms with Crippen LogP contribution in [0.5, 0.6) is 0 Å². The molecule has 7 heteroatoms. The lowest BCUT2D eigenvalue weighted by Gasteiger charge is -2.25. The molecule has 0 N–H and O–H groups in total. The summed E-state index contributed by atoms with van der Waals surface area (Å²) >= 11 is 0. The molecule has 0 saturated carbocycles. The molecule has 2 aromatic heterocycles. The topological polar surface area (TPSA) is 60.4 Å². The zero-order valence-corrected chi connectivity index (χ0v) is 14.0. The van der Waals surface area contributed by atoms with Crippen molar-refractivity contribution in [3.8, 4) is 0 Å². The molecule has 0 radical (unpaired) electrons. The van der Waals surface area contributed by atoms with Crippen LogP contribution in [0, 0.1) is 5.82 Å². The Bertz CT molecular complexity index is 990. The molecule has 3 rings (SSSR count). The van der Waals surface area contributed by atoms with Gasteiger partial charge in [0.1, 0.15) is 11.6 Å². The first-order valence-electron chi connectivity index (χ1n) is 7.74. The molecule has 6 nitrogen and oxygen atoms in total. The third-order valence-electron chi connectivity index (χ3n) is 4.08. The second-order valence-electron chi connectivity index (χ2n) is 5.79. The van der Waals surface area contributed by atoms with Crippen LogP contribution in [-0.2, 0) is 27.2 Å². The predicted octanol–water partition coefficient (Wildman–Crippen LogP) is 2.02. The highest BCUT2D eigenvalue weighted by molar-refractivity contribution is 5.47. The van der Waals surface area contributed by atoms with Gasteiger partial charge in [-0.1, -0.05) is 6.07 Å². The Balaban J connectivity index is 2.01. The van der Waals surface area contributed by atoms with Crippen LogP contribution < -0.4 is 16.1 Å². The van der Waals surface area contributed by atoms with Gasteiger partial charge in [-0.2, -0.15) is 0 Å². The van der Waals surface area contributed by atoms with Gasteiger partial charge in [-0.3, -0.25) is 13.9 Å². The average molecular weight is 343 g/mol. The van der Waals surface area contributed by atoms with Crippen LogP contribution in [0.4, 0.5) is 10.1 Å². The van der Waals surface area contributed by atoms with E-state index in [-0.39, 0.29) is 17.9 Å². The normalized spacial score (nSPS) is 10.8. The molecule has 0 unspecified atom stereocenters. The van der Waals surface area contributed by atoms with Gasteiger partial charge in [0.05, 0.1) is 19.4 Å².